The highest BCUT2D eigenvalue weighted by molar-refractivity contribution is 5.24. The Hall–Kier alpha value is -1.22. The van der Waals surface area contributed by atoms with Gasteiger partial charge in [0.05, 0.1) is 0 Å². The minimum absolute atomic E-state index is 0.0606. The fourth-order valence-corrected chi connectivity index (χ4v) is 1.75. The van der Waals surface area contributed by atoms with Crippen LogP contribution in [0.5, 0.6) is 0 Å². The number of rotatable bonds is 6. The van der Waals surface area contributed by atoms with Gasteiger partial charge in [-0.25, -0.2) is 8.78 Å². The second-order valence-electron chi connectivity index (χ2n) is 4.18. The van der Waals surface area contributed by atoms with Crippen LogP contribution in [0.25, 0.3) is 0 Å². The third-order valence-corrected chi connectivity index (χ3v) is 2.89. The van der Waals surface area contributed by atoms with Crippen LogP contribution in [0.3, 0.4) is 0 Å². The Kier molecular flexibility index (Phi) is 4.82. The molecule has 0 fully saturated rings. The molecule has 0 aliphatic rings. The molecule has 0 heterocycles. The van der Waals surface area contributed by atoms with E-state index in [0.717, 1.165) is 6.42 Å². The van der Waals surface area contributed by atoms with Crippen molar-refractivity contribution in [2.45, 2.75) is 38.0 Å². The monoisotopic (exact) mass is 240 g/mol. The van der Waals surface area contributed by atoms with Gasteiger partial charge in [-0.05, 0) is 18.4 Å². The van der Waals surface area contributed by atoms with Crippen LogP contribution in [0.2, 0.25) is 0 Å². The molecule has 94 valence electrons. The van der Waals surface area contributed by atoms with Gasteiger partial charge in [-0.15, -0.1) is 0 Å². The van der Waals surface area contributed by atoms with Crippen LogP contribution in [-0.2, 0) is 0 Å². The van der Waals surface area contributed by atoms with Crippen LogP contribution >= 0.6 is 0 Å². The van der Waals surface area contributed by atoms with E-state index in [2.05, 4.69) is 6.58 Å². The number of alkyl halides is 1. The minimum atomic E-state index is -2.39. The van der Waals surface area contributed by atoms with Crippen molar-refractivity contribution < 1.29 is 13.9 Å². The van der Waals surface area contributed by atoms with Gasteiger partial charge < -0.3 is 5.11 Å². The summed E-state index contributed by atoms with van der Waals surface area (Å²) >= 11 is 0. The second-order valence-corrected chi connectivity index (χ2v) is 4.18. The lowest BCUT2D eigenvalue weighted by atomic mass is 9.87. The van der Waals surface area contributed by atoms with Crippen molar-refractivity contribution in [1.82, 2.24) is 0 Å². The molecule has 0 saturated heterocycles. The summed E-state index contributed by atoms with van der Waals surface area (Å²) in [5.74, 6) is -1.11. The third-order valence-electron chi connectivity index (χ3n) is 2.89. The molecule has 0 bridgehead atoms. The lowest BCUT2D eigenvalue weighted by molar-refractivity contribution is -0.00589. The Bertz CT molecular complexity index is 364. The van der Waals surface area contributed by atoms with Gasteiger partial charge in [0.1, 0.15) is 11.9 Å². The fraction of sp³-hybridized carbons (Fsp3) is 0.429. The van der Waals surface area contributed by atoms with Gasteiger partial charge in [-0.2, -0.15) is 0 Å². The van der Waals surface area contributed by atoms with Crippen molar-refractivity contribution in [3.63, 3.8) is 0 Å². The molecule has 1 N–H and O–H groups in total. The Morgan fingerprint density at radius 1 is 1.41 bits per heavy atom. The van der Waals surface area contributed by atoms with Crippen LogP contribution in [0.1, 0.15) is 37.9 Å². The van der Waals surface area contributed by atoms with Crippen LogP contribution in [0.15, 0.2) is 42.7 Å². The second kappa shape index (κ2) is 5.92. The maximum absolute atomic E-state index is 14.5. The summed E-state index contributed by atoms with van der Waals surface area (Å²) in [4.78, 5) is 0. The molecule has 2 atom stereocenters. The number of hydrogen-bond acceptors (Lipinski definition) is 1. The van der Waals surface area contributed by atoms with Gasteiger partial charge in [0.25, 0.3) is 0 Å². The summed E-state index contributed by atoms with van der Waals surface area (Å²) < 4.78 is 27.7. The molecule has 0 saturated carbocycles. The number of unbranched alkanes of at least 4 members (excludes halogenated alkanes) is 1. The molecule has 1 rings (SSSR count). The smallest absolute Gasteiger partial charge is 0.191 e. The summed E-state index contributed by atoms with van der Waals surface area (Å²) in [6.07, 6.45) is -0.327. The first kappa shape index (κ1) is 13.8. The van der Waals surface area contributed by atoms with E-state index in [0.29, 0.717) is 12.0 Å². The molecule has 2 unspecified atom stereocenters. The fourth-order valence-electron chi connectivity index (χ4n) is 1.75. The average molecular weight is 240 g/mol. The molecule has 0 aliphatic heterocycles. The standard InChI is InChI=1S/C14H18F2O/c1-3-4-10-14(16,11(2)15)13(17)12-8-6-5-7-9-12/h5-9,13,17H,2-4,10H2,1H3. The predicted octanol–water partition coefficient (Wildman–Crippen LogP) is 4.10. The molecule has 17 heavy (non-hydrogen) atoms. The quantitative estimate of drug-likeness (QED) is 0.793. The van der Waals surface area contributed by atoms with E-state index in [1.165, 1.54) is 0 Å². The molecule has 1 aromatic rings. The summed E-state index contributed by atoms with van der Waals surface area (Å²) in [5.41, 5.74) is -2.03. The zero-order valence-corrected chi connectivity index (χ0v) is 10.00. The zero-order valence-electron chi connectivity index (χ0n) is 10.00. The van der Waals surface area contributed by atoms with E-state index in [1.54, 1.807) is 30.3 Å². The molecule has 0 amide bonds. The van der Waals surface area contributed by atoms with Gasteiger partial charge in [-0.3, -0.25) is 0 Å². The van der Waals surface area contributed by atoms with E-state index in [-0.39, 0.29) is 6.42 Å². The van der Waals surface area contributed by atoms with Gasteiger partial charge >= 0.3 is 0 Å². The normalized spacial score (nSPS) is 16.2. The molecule has 0 spiro atoms. The average Bonchev–Trinajstić information content (AvgIpc) is 2.35. The summed E-state index contributed by atoms with van der Waals surface area (Å²) in [6, 6.07) is 8.27. The van der Waals surface area contributed by atoms with Crippen molar-refractivity contribution in [2.75, 3.05) is 0 Å². The molecule has 0 aliphatic carbocycles. The summed E-state index contributed by atoms with van der Waals surface area (Å²) in [6.45, 7) is 4.91. The van der Waals surface area contributed by atoms with Crippen LogP contribution in [0.4, 0.5) is 8.78 Å². The Morgan fingerprint density at radius 2 is 2.00 bits per heavy atom. The number of aliphatic hydroxyl groups excluding tert-OH is 1. The highest BCUT2D eigenvalue weighted by atomic mass is 19.2. The van der Waals surface area contributed by atoms with Crippen molar-refractivity contribution in [2.24, 2.45) is 0 Å². The Labute approximate surface area is 101 Å². The van der Waals surface area contributed by atoms with Crippen LogP contribution < -0.4 is 0 Å². The van der Waals surface area contributed by atoms with E-state index in [1.807, 2.05) is 6.92 Å². The maximum atomic E-state index is 14.5. The number of aliphatic hydroxyl groups is 1. The van der Waals surface area contributed by atoms with Crippen LogP contribution in [0, 0.1) is 0 Å². The van der Waals surface area contributed by atoms with E-state index in [4.69, 9.17) is 0 Å². The van der Waals surface area contributed by atoms with Crippen molar-refractivity contribution in [1.29, 1.82) is 0 Å². The van der Waals surface area contributed by atoms with Gasteiger partial charge in [0, 0.05) is 0 Å². The van der Waals surface area contributed by atoms with Crippen LogP contribution in [-0.4, -0.2) is 10.8 Å². The van der Waals surface area contributed by atoms with E-state index >= 15 is 0 Å². The first-order chi connectivity index (χ1) is 8.02. The predicted molar refractivity (Wildman–Crippen MR) is 65.0 cm³/mol. The number of halogens is 2. The summed E-state index contributed by atoms with van der Waals surface area (Å²) in [7, 11) is 0. The van der Waals surface area contributed by atoms with Gasteiger partial charge in [-0.1, -0.05) is 50.3 Å². The Morgan fingerprint density at radius 3 is 2.47 bits per heavy atom. The molecule has 0 radical (unpaired) electrons. The Balaban J connectivity index is 2.95. The first-order valence-corrected chi connectivity index (χ1v) is 5.79. The molecule has 3 heteroatoms. The third kappa shape index (κ3) is 3.13. The van der Waals surface area contributed by atoms with Crippen molar-refractivity contribution in [3.8, 4) is 0 Å². The van der Waals surface area contributed by atoms with Crippen molar-refractivity contribution >= 4 is 0 Å². The molecule has 0 aromatic heterocycles. The highest BCUT2D eigenvalue weighted by Crippen LogP contribution is 2.39. The topological polar surface area (TPSA) is 20.2 Å². The highest BCUT2D eigenvalue weighted by Gasteiger charge is 2.42. The SMILES string of the molecule is C=C(F)C(F)(CCCC)C(O)c1ccccc1. The number of hydrogen-bond donors (Lipinski definition) is 1. The summed E-state index contributed by atoms with van der Waals surface area (Å²) in [5, 5.41) is 9.96. The van der Waals surface area contributed by atoms with Gasteiger partial charge in [0.15, 0.2) is 5.67 Å². The van der Waals surface area contributed by atoms with Gasteiger partial charge in [0.2, 0.25) is 0 Å². The molecular weight excluding hydrogens is 222 g/mol. The van der Waals surface area contributed by atoms with E-state index in [9.17, 15) is 13.9 Å². The first-order valence-electron chi connectivity index (χ1n) is 5.79. The molecule has 1 aromatic carbocycles. The lowest BCUT2D eigenvalue weighted by Crippen LogP contribution is -2.32. The lowest BCUT2D eigenvalue weighted by Gasteiger charge is -2.29. The zero-order chi connectivity index (χ0) is 12.9. The minimum Gasteiger partial charge on any atom is -0.385 e. The molecular formula is C14H18F2O. The molecule has 1 nitrogen and oxygen atoms in total. The maximum Gasteiger partial charge on any atom is 0.191 e. The van der Waals surface area contributed by atoms with E-state index < -0.39 is 17.6 Å². The number of benzene rings is 1. The van der Waals surface area contributed by atoms with Crippen molar-refractivity contribution in [3.05, 3.63) is 48.3 Å². The largest absolute Gasteiger partial charge is 0.385 e.